The highest BCUT2D eigenvalue weighted by Crippen LogP contribution is 2.59. The van der Waals surface area contributed by atoms with E-state index in [-0.39, 0.29) is 73.7 Å². The Kier molecular flexibility index (Phi) is 12.8. The molecule has 264 valence electrons. The van der Waals surface area contributed by atoms with Crippen molar-refractivity contribution in [3.63, 3.8) is 0 Å². The summed E-state index contributed by atoms with van der Waals surface area (Å²) >= 11 is 0. The predicted molar refractivity (Wildman–Crippen MR) is 170 cm³/mol. The maximum Gasteiger partial charge on any atom is 0.407 e. The summed E-state index contributed by atoms with van der Waals surface area (Å²) in [5, 5.41) is 10.9. The van der Waals surface area contributed by atoms with Crippen molar-refractivity contribution in [3.05, 3.63) is 11.6 Å². The third-order valence-electron chi connectivity index (χ3n) is 9.51. The highest BCUT2D eigenvalue weighted by molar-refractivity contribution is 5.86. The Labute approximate surface area is 276 Å². The summed E-state index contributed by atoms with van der Waals surface area (Å²) in [5.41, 5.74) is 5.71. The monoisotopic (exact) mass is 664 g/mol. The number of ether oxygens (including phenoxy) is 4. The molecule has 6 atom stereocenters. The van der Waals surface area contributed by atoms with Crippen LogP contribution in [0.15, 0.2) is 11.6 Å². The van der Waals surface area contributed by atoms with Crippen LogP contribution in [0.3, 0.4) is 0 Å². The van der Waals surface area contributed by atoms with Crippen LogP contribution in [0.5, 0.6) is 0 Å². The zero-order chi connectivity index (χ0) is 34.2. The number of carbonyl (C=O) groups is 5. The quantitative estimate of drug-likeness (QED) is 0.0567. The molecule has 2 aliphatic carbocycles. The van der Waals surface area contributed by atoms with Crippen LogP contribution in [-0.4, -0.2) is 111 Å². The van der Waals surface area contributed by atoms with Gasteiger partial charge in [-0.25, -0.2) is 15.6 Å². The molecule has 2 heterocycles. The maximum atomic E-state index is 13.0. The van der Waals surface area contributed by atoms with E-state index in [1.165, 1.54) is 12.5 Å². The van der Waals surface area contributed by atoms with Gasteiger partial charge in [0, 0.05) is 19.2 Å². The molecule has 4 aliphatic rings. The number of nitrogens with one attached hydrogen (secondary N) is 6. The Hall–Kier alpha value is -3.11. The number of hydrogen-bond donors (Lipinski definition) is 6. The van der Waals surface area contributed by atoms with Gasteiger partial charge in [-0.15, -0.1) is 0 Å². The van der Waals surface area contributed by atoms with Gasteiger partial charge < -0.3 is 40.2 Å². The number of rotatable bonds is 16. The molecule has 2 saturated carbocycles. The predicted octanol–water partition coefficient (Wildman–Crippen LogP) is 0.132. The summed E-state index contributed by atoms with van der Waals surface area (Å²) in [4.78, 5) is 59.8. The first kappa shape index (κ1) is 36.7. The molecular formula is C32H52N6O9. The first-order chi connectivity index (χ1) is 22.3. The van der Waals surface area contributed by atoms with Crippen molar-refractivity contribution in [2.24, 2.45) is 5.92 Å². The molecular weight excluding hydrogens is 612 g/mol. The summed E-state index contributed by atoms with van der Waals surface area (Å²) in [6.45, 7) is 7.79. The summed E-state index contributed by atoms with van der Waals surface area (Å²) in [5.74, 6) is -1.33. The van der Waals surface area contributed by atoms with E-state index in [9.17, 15) is 24.0 Å². The van der Waals surface area contributed by atoms with Gasteiger partial charge in [0.2, 0.25) is 17.7 Å². The normalized spacial score (nSPS) is 32.4. The van der Waals surface area contributed by atoms with Gasteiger partial charge in [0.1, 0.15) is 29.2 Å². The van der Waals surface area contributed by atoms with Crippen molar-refractivity contribution >= 4 is 29.6 Å². The van der Waals surface area contributed by atoms with Crippen molar-refractivity contribution in [2.45, 2.75) is 114 Å². The summed E-state index contributed by atoms with van der Waals surface area (Å²) in [6.07, 6.45) is 6.00. The zero-order valence-electron chi connectivity index (χ0n) is 28.2. The lowest BCUT2D eigenvalue weighted by Gasteiger charge is -2.42. The third kappa shape index (κ3) is 10.4. The lowest BCUT2D eigenvalue weighted by molar-refractivity contribution is -0.126. The minimum absolute atomic E-state index is 0.0449. The van der Waals surface area contributed by atoms with Crippen LogP contribution in [-0.2, 0) is 38.1 Å². The van der Waals surface area contributed by atoms with Crippen molar-refractivity contribution < 1.29 is 42.9 Å². The summed E-state index contributed by atoms with van der Waals surface area (Å²) < 4.78 is 24.2. The lowest BCUT2D eigenvalue weighted by atomic mass is 9.68. The molecule has 2 aliphatic heterocycles. The third-order valence-corrected chi connectivity index (χ3v) is 9.51. The van der Waals surface area contributed by atoms with E-state index < -0.39 is 29.6 Å². The molecule has 15 nitrogen and oxygen atoms in total. The molecule has 0 radical (unpaired) electrons. The average Bonchev–Trinajstić information content (AvgIpc) is 3.94. The molecule has 0 aromatic carbocycles. The Morgan fingerprint density at radius 3 is 1.98 bits per heavy atom. The maximum absolute atomic E-state index is 13.0. The molecule has 0 aromatic heterocycles. The number of hydrazine groups is 1. The fourth-order valence-corrected chi connectivity index (χ4v) is 6.88. The van der Waals surface area contributed by atoms with E-state index in [2.05, 4.69) is 59.0 Å². The van der Waals surface area contributed by atoms with Gasteiger partial charge in [-0.3, -0.25) is 19.2 Å². The largest absolute Gasteiger partial charge is 0.443 e. The zero-order valence-corrected chi connectivity index (χ0v) is 28.2. The highest BCUT2D eigenvalue weighted by Gasteiger charge is 2.72. The number of allylic oxidation sites excluding steroid dienone is 1. The number of hydrogen-bond acceptors (Lipinski definition) is 11. The minimum Gasteiger partial charge on any atom is -0.443 e. The number of epoxide rings is 2. The molecule has 6 N–H and O–H groups in total. The number of carbonyl (C=O) groups excluding carboxylic acids is 5. The van der Waals surface area contributed by atoms with Gasteiger partial charge in [-0.2, -0.15) is 0 Å². The van der Waals surface area contributed by atoms with E-state index >= 15 is 0 Å². The average molecular weight is 665 g/mol. The van der Waals surface area contributed by atoms with Crippen molar-refractivity contribution in [2.75, 3.05) is 39.9 Å². The molecule has 4 rings (SSSR count). The molecule has 0 bridgehead atoms. The second-order valence-electron chi connectivity index (χ2n) is 13.5. The first-order valence-corrected chi connectivity index (χ1v) is 16.6. The van der Waals surface area contributed by atoms with E-state index in [4.69, 9.17) is 18.9 Å². The Morgan fingerprint density at radius 2 is 1.43 bits per heavy atom. The van der Waals surface area contributed by atoms with Gasteiger partial charge in [0.25, 0.3) is 0 Å². The van der Waals surface area contributed by atoms with Gasteiger partial charge in [0.15, 0.2) is 0 Å². The SMILES string of the molecule is COC1C(OC(=O)N[C@H]2CC[C@H](NC(=O)CNC(=O)CNNCC(=O)NCC(C)=O)CC2)CC[C@]2(CO2)C1C1(C)O[C@@H]1CC=C(C)C. The second kappa shape index (κ2) is 16.3. The van der Waals surface area contributed by atoms with E-state index in [1.807, 2.05) is 0 Å². The smallest absolute Gasteiger partial charge is 0.407 e. The topological polar surface area (TPSA) is 201 Å². The molecule has 0 aromatic rings. The van der Waals surface area contributed by atoms with Crippen LogP contribution in [0.4, 0.5) is 4.79 Å². The molecule has 4 fully saturated rings. The molecule has 2 saturated heterocycles. The highest BCUT2D eigenvalue weighted by atomic mass is 16.6. The molecule has 1 spiro atoms. The number of ketones is 1. The molecule has 47 heavy (non-hydrogen) atoms. The standard InChI is InChI=1S/C32H52N6O9/c1-19(2)6-11-24-31(4,47-24)29-28(44-5)23(12-13-32(29)18-45-32)46-30(43)38-22-9-7-21(8-10-22)37-27(42)15-34-26(41)17-36-35-16-25(40)33-14-20(3)39/h6,21-24,28-29,35-36H,7-18H2,1-5H3,(H,33,40)(H,34,41)(H,37,42)(H,38,43)/t21-,22-,23?,24-,28?,29?,31?,32+/m1/s1. The van der Waals surface area contributed by atoms with Crippen LogP contribution in [0.25, 0.3) is 0 Å². The first-order valence-electron chi connectivity index (χ1n) is 16.6. The van der Waals surface area contributed by atoms with Crippen LogP contribution in [0.2, 0.25) is 0 Å². The number of Topliss-reactive ketones (excluding diaryl/α,β-unsaturated/α-hetero) is 1. The lowest BCUT2D eigenvalue weighted by Crippen LogP contribution is -2.56. The van der Waals surface area contributed by atoms with E-state index in [0.717, 1.165) is 12.8 Å². The number of methoxy groups -OCH3 is 1. The van der Waals surface area contributed by atoms with Crippen molar-refractivity contribution in [1.82, 2.24) is 32.1 Å². The van der Waals surface area contributed by atoms with Crippen LogP contribution >= 0.6 is 0 Å². The van der Waals surface area contributed by atoms with Crippen molar-refractivity contribution in [1.29, 1.82) is 0 Å². The number of amides is 4. The number of alkyl carbamates (subject to hydrolysis) is 1. The Morgan fingerprint density at radius 1 is 0.830 bits per heavy atom. The molecule has 4 unspecified atom stereocenters. The van der Waals surface area contributed by atoms with Crippen LogP contribution in [0.1, 0.15) is 72.6 Å². The van der Waals surface area contributed by atoms with E-state index in [0.29, 0.717) is 38.7 Å². The molecule has 4 amide bonds. The van der Waals surface area contributed by atoms with Gasteiger partial charge in [-0.05, 0) is 72.6 Å². The van der Waals surface area contributed by atoms with E-state index in [1.54, 1.807) is 7.11 Å². The Bertz CT molecular complexity index is 1180. The minimum atomic E-state index is -0.471. The van der Waals surface area contributed by atoms with Crippen LogP contribution in [0, 0.1) is 5.92 Å². The van der Waals surface area contributed by atoms with Gasteiger partial charge >= 0.3 is 6.09 Å². The van der Waals surface area contributed by atoms with Crippen molar-refractivity contribution in [3.8, 4) is 0 Å². The summed E-state index contributed by atoms with van der Waals surface area (Å²) in [6, 6.07) is -0.137. The van der Waals surface area contributed by atoms with Gasteiger partial charge in [-0.1, -0.05) is 11.6 Å². The molecule has 15 heteroatoms. The fourth-order valence-electron chi connectivity index (χ4n) is 6.88. The Balaban J connectivity index is 1.12. The summed E-state index contributed by atoms with van der Waals surface area (Å²) in [7, 11) is 1.66. The second-order valence-corrected chi connectivity index (χ2v) is 13.5. The van der Waals surface area contributed by atoms with Gasteiger partial charge in [0.05, 0.1) is 44.8 Å². The fraction of sp³-hybridized carbons (Fsp3) is 0.781. The van der Waals surface area contributed by atoms with Crippen LogP contribution < -0.4 is 32.1 Å².